The van der Waals surface area contributed by atoms with Gasteiger partial charge in [-0.05, 0) is 61.9 Å². The molecule has 1 heterocycles. The Morgan fingerprint density at radius 2 is 1.74 bits per heavy atom. The van der Waals surface area contributed by atoms with Crippen LogP contribution < -0.4 is 5.73 Å². The fraction of sp³-hybridized carbons (Fsp3) is 0.286. The summed E-state index contributed by atoms with van der Waals surface area (Å²) in [4.78, 5) is 9.59. The predicted octanol–water partition coefficient (Wildman–Crippen LogP) is 3.15. The number of benzene rings is 1. The second kappa shape index (κ2) is 5.67. The molecule has 0 spiro atoms. The van der Waals surface area contributed by atoms with Crippen LogP contribution in [0.25, 0.3) is 0 Å². The van der Waals surface area contributed by atoms with Gasteiger partial charge in [-0.15, -0.1) is 0 Å². The molecule has 0 aliphatic carbocycles. The molecule has 0 aliphatic heterocycles. The predicted molar refractivity (Wildman–Crippen MR) is 74.7 cm³/mol. The minimum atomic E-state index is -0.286. The molecule has 0 radical (unpaired) electrons. The van der Waals surface area contributed by atoms with E-state index in [4.69, 9.17) is 5.73 Å². The maximum absolute atomic E-state index is 13.4. The van der Waals surface area contributed by atoms with E-state index in [1.807, 2.05) is 26.8 Å². The summed E-state index contributed by atoms with van der Waals surface area (Å²) < 4.78 is 13.4. The summed E-state index contributed by atoms with van der Waals surface area (Å²) in [6.07, 6.45) is 0. The highest BCUT2D eigenvalue weighted by Gasteiger charge is 2.08. The van der Waals surface area contributed by atoms with Crippen LogP contribution in [-0.2, 0) is 6.54 Å². The molecule has 0 fully saturated rings. The van der Waals surface area contributed by atoms with Crippen molar-refractivity contribution in [3.05, 3.63) is 46.5 Å². The van der Waals surface area contributed by atoms with Crippen LogP contribution in [0, 0.1) is 26.6 Å². The summed E-state index contributed by atoms with van der Waals surface area (Å²) in [7, 11) is 0. The van der Waals surface area contributed by atoms with E-state index in [0.717, 1.165) is 27.4 Å². The Balaban J connectivity index is 2.33. The molecule has 100 valence electrons. The quantitative estimate of drug-likeness (QED) is 0.876. The molecule has 0 atom stereocenters. The lowest BCUT2D eigenvalue weighted by molar-refractivity contribution is 0.621. The third-order valence-electron chi connectivity index (χ3n) is 2.99. The number of hydrogen-bond acceptors (Lipinski definition) is 4. The highest BCUT2D eigenvalue weighted by Crippen LogP contribution is 2.27. The van der Waals surface area contributed by atoms with Crippen molar-refractivity contribution < 1.29 is 4.39 Å². The molecule has 2 rings (SSSR count). The Labute approximate surface area is 116 Å². The van der Waals surface area contributed by atoms with Crippen LogP contribution in [0.2, 0.25) is 0 Å². The standard InChI is InChI=1S/C14H16FN3S/c1-8-9(2)17-14(18-10(8)3)19-13-5-11(7-16)4-12(15)6-13/h4-6H,7,16H2,1-3H3. The van der Waals surface area contributed by atoms with Crippen molar-refractivity contribution in [2.24, 2.45) is 5.73 Å². The zero-order chi connectivity index (χ0) is 14.0. The summed E-state index contributed by atoms with van der Waals surface area (Å²) in [5.41, 5.74) is 9.30. The van der Waals surface area contributed by atoms with Gasteiger partial charge in [-0.25, -0.2) is 14.4 Å². The van der Waals surface area contributed by atoms with E-state index in [1.165, 1.54) is 23.9 Å². The van der Waals surface area contributed by atoms with Crippen LogP contribution in [0.1, 0.15) is 22.5 Å². The molecule has 2 N–H and O–H groups in total. The zero-order valence-corrected chi connectivity index (χ0v) is 12.0. The van der Waals surface area contributed by atoms with Crippen molar-refractivity contribution in [1.29, 1.82) is 0 Å². The van der Waals surface area contributed by atoms with Crippen molar-refractivity contribution in [3.63, 3.8) is 0 Å². The molecule has 1 aromatic carbocycles. The topological polar surface area (TPSA) is 51.8 Å². The second-order valence-electron chi connectivity index (χ2n) is 4.40. The SMILES string of the molecule is Cc1nc(Sc2cc(F)cc(CN)c2)nc(C)c1C. The summed E-state index contributed by atoms with van der Waals surface area (Å²) in [5, 5.41) is 0.633. The summed E-state index contributed by atoms with van der Waals surface area (Å²) in [6, 6.07) is 4.77. The average molecular weight is 277 g/mol. The molecular formula is C14H16FN3S. The van der Waals surface area contributed by atoms with Crippen LogP contribution in [-0.4, -0.2) is 9.97 Å². The van der Waals surface area contributed by atoms with Gasteiger partial charge in [0.1, 0.15) is 5.82 Å². The van der Waals surface area contributed by atoms with Crippen LogP contribution in [0.15, 0.2) is 28.3 Å². The molecular weight excluding hydrogens is 261 g/mol. The summed E-state index contributed by atoms with van der Waals surface area (Å²) in [5.74, 6) is -0.286. The van der Waals surface area contributed by atoms with Gasteiger partial charge in [0.2, 0.25) is 0 Å². The van der Waals surface area contributed by atoms with Gasteiger partial charge in [0, 0.05) is 22.8 Å². The Kier molecular flexibility index (Phi) is 4.17. The summed E-state index contributed by atoms with van der Waals surface area (Å²) in [6.45, 7) is 6.21. The highest BCUT2D eigenvalue weighted by atomic mass is 32.2. The molecule has 0 amide bonds. The lowest BCUT2D eigenvalue weighted by Crippen LogP contribution is -1.99. The largest absolute Gasteiger partial charge is 0.326 e. The molecule has 0 saturated carbocycles. The number of halogens is 1. The Morgan fingerprint density at radius 3 is 2.32 bits per heavy atom. The molecule has 19 heavy (non-hydrogen) atoms. The van der Waals surface area contributed by atoms with Crippen molar-refractivity contribution in [2.75, 3.05) is 0 Å². The average Bonchev–Trinajstić information content (AvgIpc) is 2.35. The fourth-order valence-corrected chi connectivity index (χ4v) is 2.65. The van der Waals surface area contributed by atoms with E-state index in [2.05, 4.69) is 9.97 Å². The van der Waals surface area contributed by atoms with E-state index in [9.17, 15) is 4.39 Å². The lowest BCUT2D eigenvalue weighted by Gasteiger charge is -2.07. The van der Waals surface area contributed by atoms with Gasteiger partial charge in [-0.3, -0.25) is 0 Å². The molecule has 2 aromatic rings. The first-order valence-corrected chi connectivity index (χ1v) is 6.80. The number of nitrogens with zero attached hydrogens (tertiary/aromatic N) is 2. The molecule has 3 nitrogen and oxygen atoms in total. The molecule has 0 bridgehead atoms. The smallest absolute Gasteiger partial charge is 0.192 e. The van der Waals surface area contributed by atoms with Crippen LogP contribution >= 0.6 is 11.8 Å². The van der Waals surface area contributed by atoms with Gasteiger partial charge in [0.15, 0.2) is 5.16 Å². The maximum atomic E-state index is 13.4. The number of aromatic nitrogens is 2. The van der Waals surface area contributed by atoms with Crippen molar-refractivity contribution in [2.45, 2.75) is 37.4 Å². The minimum Gasteiger partial charge on any atom is -0.326 e. The lowest BCUT2D eigenvalue weighted by atomic mass is 10.2. The van der Waals surface area contributed by atoms with Crippen molar-refractivity contribution in [1.82, 2.24) is 9.97 Å². The number of hydrogen-bond donors (Lipinski definition) is 1. The normalized spacial score (nSPS) is 10.8. The van der Waals surface area contributed by atoms with Crippen LogP contribution in [0.5, 0.6) is 0 Å². The first-order valence-electron chi connectivity index (χ1n) is 5.99. The molecule has 5 heteroatoms. The minimum absolute atomic E-state index is 0.286. The van der Waals surface area contributed by atoms with Crippen molar-refractivity contribution >= 4 is 11.8 Å². The zero-order valence-electron chi connectivity index (χ0n) is 11.2. The van der Waals surface area contributed by atoms with E-state index in [1.54, 1.807) is 0 Å². The van der Waals surface area contributed by atoms with Crippen LogP contribution in [0.4, 0.5) is 4.39 Å². The number of aryl methyl sites for hydroxylation is 2. The van der Waals surface area contributed by atoms with Gasteiger partial charge < -0.3 is 5.73 Å². The van der Waals surface area contributed by atoms with E-state index < -0.39 is 0 Å². The molecule has 0 saturated heterocycles. The first kappa shape index (κ1) is 14.0. The van der Waals surface area contributed by atoms with E-state index in [0.29, 0.717) is 11.7 Å². The van der Waals surface area contributed by atoms with Gasteiger partial charge in [0.05, 0.1) is 0 Å². The van der Waals surface area contributed by atoms with E-state index >= 15 is 0 Å². The fourth-order valence-electron chi connectivity index (χ4n) is 1.69. The second-order valence-corrected chi connectivity index (χ2v) is 5.44. The molecule has 0 unspecified atom stereocenters. The monoisotopic (exact) mass is 277 g/mol. The molecule has 0 aliphatic rings. The molecule has 1 aromatic heterocycles. The third-order valence-corrected chi connectivity index (χ3v) is 3.82. The Morgan fingerprint density at radius 1 is 1.11 bits per heavy atom. The van der Waals surface area contributed by atoms with Gasteiger partial charge in [-0.2, -0.15) is 0 Å². The first-order chi connectivity index (χ1) is 8.99. The number of rotatable bonds is 3. The van der Waals surface area contributed by atoms with Gasteiger partial charge in [-0.1, -0.05) is 0 Å². The van der Waals surface area contributed by atoms with E-state index in [-0.39, 0.29) is 5.82 Å². The van der Waals surface area contributed by atoms with Crippen LogP contribution in [0.3, 0.4) is 0 Å². The third kappa shape index (κ3) is 3.30. The Hall–Kier alpha value is -1.46. The van der Waals surface area contributed by atoms with Gasteiger partial charge in [0.25, 0.3) is 0 Å². The summed E-state index contributed by atoms with van der Waals surface area (Å²) >= 11 is 1.35. The highest BCUT2D eigenvalue weighted by molar-refractivity contribution is 7.99. The van der Waals surface area contributed by atoms with Crippen molar-refractivity contribution in [3.8, 4) is 0 Å². The van der Waals surface area contributed by atoms with Gasteiger partial charge >= 0.3 is 0 Å². The maximum Gasteiger partial charge on any atom is 0.192 e. The number of nitrogens with two attached hydrogens (primary N) is 1. The Bertz CT molecular complexity index is 591.